The highest BCUT2D eigenvalue weighted by Gasteiger charge is 2.39. The van der Waals surface area contributed by atoms with E-state index in [0.717, 1.165) is 25.5 Å². The second-order valence-corrected chi connectivity index (χ2v) is 9.70. The lowest BCUT2D eigenvalue weighted by atomic mass is 9.89. The number of carbonyl (C=O) groups is 1. The minimum Gasteiger partial charge on any atom is -0.393 e. The first-order chi connectivity index (χ1) is 13.6. The van der Waals surface area contributed by atoms with Crippen molar-refractivity contribution in [2.24, 2.45) is 11.8 Å². The number of hydrogen-bond donors (Lipinski definition) is 4. The number of amides is 1. The maximum atomic E-state index is 11.4. The molecule has 168 valence electrons. The van der Waals surface area contributed by atoms with Crippen molar-refractivity contribution in [1.82, 2.24) is 4.72 Å². The van der Waals surface area contributed by atoms with Gasteiger partial charge in [0.15, 0.2) is 0 Å². The van der Waals surface area contributed by atoms with Gasteiger partial charge in [-0.3, -0.25) is 9.52 Å². The van der Waals surface area contributed by atoms with Gasteiger partial charge in [-0.25, -0.2) is 8.42 Å². The fourth-order valence-corrected chi connectivity index (χ4v) is 4.19. The van der Waals surface area contributed by atoms with Crippen LogP contribution in [0.3, 0.4) is 0 Å². The molecular weight excluding hydrogens is 394 g/mol. The predicted molar refractivity (Wildman–Crippen MR) is 113 cm³/mol. The Morgan fingerprint density at radius 3 is 2.55 bits per heavy atom. The molecule has 1 saturated carbocycles. The van der Waals surface area contributed by atoms with Gasteiger partial charge in [0, 0.05) is 18.8 Å². The van der Waals surface area contributed by atoms with Gasteiger partial charge < -0.3 is 15.3 Å². The molecule has 2 unspecified atom stereocenters. The smallest absolute Gasteiger partial charge is 0.233 e. The third kappa shape index (κ3) is 10.9. The largest absolute Gasteiger partial charge is 0.393 e. The molecule has 7 nitrogen and oxygen atoms in total. The summed E-state index contributed by atoms with van der Waals surface area (Å²) in [5.74, 6) is -0.831. The lowest BCUT2D eigenvalue weighted by Crippen LogP contribution is -2.28. The van der Waals surface area contributed by atoms with E-state index in [9.17, 15) is 28.5 Å². The van der Waals surface area contributed by atoms with Gasteiger partial charge in [0.1, 0.15) is 0 Å². The first-order valence-electron chi connectivity index (χ1n) is 10.5. The van der Waals surface area contributed by atoms with Crippen LogP contribution in [0.4, 0.5) is 0 Å². The minimum absolute atomic E-state index is 0.117. The number of nitrogens with one attached hydrogen (secondary N) is 1. The van der Waals surface area contributed by atoms with Crippen LogP contribution in [0, 0.1) is 11.8 Å². The summed E-state index contributed by atoms with van der Waals surface area (Å²) in [7, 11) is -3.51. The van der Waals surface area contributed by atoms with E-state index < -0.39 is 34.2 Å². The van der Waals surface area contributed by atoms with E-state index in [1.807, 2.05) is 23.0 Å². The lowest BCUT2D eigenvalue weighted by molar-refractivity contribution is -0.119. The van der Waals surface area contributed by atoms with Gasteiger partial charge >= 0.3 is 0 Å². The molecule has 0 heterocycles. The number of allylic oxidation sites excluding steroid dienone is 2. The molecule has 1 aliphatic rings. The van der Waals surface area contributed by atoms with Crippen molar-refractivity contribution in [3.05, 3.63) is 24.3 Å². The molecule has 1 fully saturated rings. The Morgan fingerprint density at radius 1 is 1.17 bits per heavy atom. The molecular formula is C21H37NO6S. The SMILES string of the molecule is CCCCC[C@H](O)/C=C/C1C(C/C=C\CCCC(=O)NS(C)(=O)=O)[C@@H](O)C[C@H]1O. The predicted octanol–water partition coefficient (Wildman–Crippen LogP) is 2.03. The van der Waals surface area contributed by atoms with Crippen molar-refractivity contribution >= 4 is 15.9 Å². The monoisotopic (exact) mass is 431 g/mol. The van der Waals surface area contributed by atoms with Crippen LogP contribution in [0.25, 0.3) is 0 Å². The highest BCUT2D eigenvalue weighted by molar-refractivity contribution is 7.89. The maximum Gasteiger partial charge on any atom is 0.233 e. The van der Waals surface area contributed by atoms with E-state index in [1.54, 1.807) is 6.08 Å². The summed E-state index contributed by atoms with van der Waals surface area (Å²) in [6.45, 7) is 2.11. The summed E-state index contributed by atoms with van der Waals surface area (Å²) in [4.78, 5) is 11.4. The molecule has 0 aromatic heterocycles. The van der Waals surface area contributed by atoms with Crippen molar-refractivity contribution in [3.8, 4) is 0 Å². The molecule has 0 saturated heterocycles. The van der Waals surface area contributed by atoms with Gasteiger partial charge in [0.05, 0.1) is 24.6 Å². The third-order valence-electron chi connectivity index (χ3n) is 5.22. The molecule has 0 radical (unpaired) electrons. The second-order valence-electron chi connectivity index (χ2n) is 7.96. The normalized spacial score (nSPS) is 26.4. The zero-order valence-corrected chi connectivity index (χ0v) is 18.4. The number of unbranched alkanes of at least 4 members (excludes halogenated alkanes) is 3. The van der Waals surface area contributed by atoms with E-state index >= 15 is 0 Å². The zero-order chi connectivity index (χ0) is 21.9. The molecule has 1 rings (SSSR count). The van der Waals surface area contributed by atoms with E-state index in [2.05, 4.69) is 6.92 Å². The quantitative estimate of drug-likeness (QED) is 0.261. The Kier molecular flexibility index (Phi) is 11.7. The molecule has 4 N–H and O–H groups in total. The van der Waals surface area contributed by atoms with Gasteiger partial charge in [0.25, 0.3) is 0 Å². The van der Waals surface area contributed by atoms with E-state index in [4.69, 9.17) is 0 Å². The number of rotatable bonds is 13. The molecule has 5 atom stereocenters. The van der Waals surface area contributed by atoms with E-state index in [0.29, 0.717) is 32.1 Å². The van der Waals surface area contributed by atoms with Crippen molar-refractivity contribution in [1.29, 1.82) is 0 Å². The molecule has 1 aliphatic carbocycles. The molecule has 29 heavy (non-hydrogen) atoms. The number of sulfonamides is 1. The van der Waals surface area contributed by atoms with Gasteiger partial charge in [-0.15, -0.1) is 0 Å². The molecule has 1 amide bonds. The van der Waals surface area contributed by atoms with E-state index in [1.165, 1.54) is 0 Å². The van der Waals surface area contributed by atoms with Crippen LogP contribution in [0.15, 0.2) is 24.3 Å². The summed E-state index contributed by atoms with van der Waals surface area (Å²) >= 11 is 0. The first kappa shape index (κ1) is 25.8. The molecule has 0 aliphatic heterocycles. The second kappa shape index (κ2) is 13.2. The summed E-state index contributed by atoms with van der Waals surface area (Å²) in [6.07, 6.45) is 12.7. The number of carbonyl (C=O) groups excluding carboxylic acids is 1. The standard InChI is InChI=1S/C21H37NO6S/c1-3-4-7-10-16(23)13-14-18-17(19(24)15-20(18)25)11-8-5-6-9-12-21(26)22-29(2,27)28/h5,8,13-14,16-20,23-25H,3-4,6-7,9-12,15H2,1-2H3,(H,22,26)/b8-5-,14-13+/t16-,17?,18?,19-,20+/m0/s1. The fraction of sp³-hybridized carbons (Fsp3) is 0.762. The Labute approximate surface area is 175 Å². The zero-order valence-electron chi connectivity index (χ0n) is 17.5. The molecule has 0 bridgehead atoms. The lowest BCUT2D eigenvalue weighted by Gasteiger charge is -2.19. The molecule has 8 heteroatoms. The average Bonchev–Trinajstić information content (AvgIpc) is 2.87. The topological polar surface area (TPSA) is 124 Å². The van der Waals surface area contributed by atoms with Gasteiger partial charge in [-0.2, -0.15) is 0 Å². The number of hydrogen-bond acceptors (Lipinski definition) is 6. The van der Waals surface area contributed by atoms with Crippen molar-refractivity contribution in [3.63, 3.8) is 0 Å². The highest BCUT2D eigenvalue weighted by Crippen LogP contribution is 2.36. The molecule has 0 aromatic rings. The van der Waals surface area contributed by atoms with Crippen LogP contribution in [0.2, 0.25) is 0 Å². The van der Waals surface area contributed by atoms with Crippen LogP contribution >= 0.6 is 0 Å². The van der Waals surface area contributed by atoms with Crippen LogP contribution in [0.1, 0.15) is 64.7 Å². The third-order valence-corrected chi connectivity index (χ3v) is 5.82. The number of aliphatic hydroxyl groups is 3. The first-order valence-corrected chi connectivity index (χ1v) is 12.4. The summed E-state index contributed by atoms with van der Waals surface area (Å²) in [6, 6.07) is 0. The van der Waals surface area contributed by atoms with Crippen LogP contribution in [-0.4, -0.2) is 54.2 Å². The van der Waals surface area contributed by atoms with Crippen LogP contribution in [-0.2, 0) is 14.8 Å². The van der Waals surface area contributed by atoms with Crippen molar-refractivity contribution in [2.75, 3.05) is 6.26 Å². The van der Waals surface area contributed by atoms with Gasteiger partial charge in [-0.1, -0.05) is 50.5 Å². The van der Waals surface area contributed by atoms with E-state index in [-0.39, 0.29) is 18.3 Å². The Balaban J connectivity index is 2.43. The summed E-state index contributed by atoms with van der Waals surface area (Å²) in [5.41, 5.74) is 0. The Bertz CT molecular complexity index is 646. The summed E-state index contributed by atoms with van der Waals surface area (Å²) < 4.78 is 23.9. The van der Waals surface area contributed by atoms with Crippen molar-refractivity contribution < 1.29 is 28.5 Å². The Morgan fingerprint density at radius 2 is 1.90 bits per heavy atom. The average molecular weight is 432 g/mol. The molecule has 0 spiro atoms. The van der Waals surface area contributed by atoms with Crippen LogP contribution < -0.4 is 4.72 Å². The number of aliphatic hydroxyl groups excluding tert-OH is 3. The highest BCUT2D eigenvalue weighted by atomic mass is 32.2. The molecule has 0 aromatic carbocycles. The van der Waals surface area contributed by atoms with Crippen molar-refractivity contribution in [2.45, 2.75) is 83.0 Å². The maximum absolute atomic E-state index is 11.4. The van der Waals surface area contributed by atoms with Crippen LogP contribution in [0.5, 0.6) is 0 Å². The Hall–Kier alpha value is -1.22. The minimum atomic E-state index is -3.51. The van der Waals surface area contributed by atoms with Gasteiger partial charge in [-0.05, 0) is 31.6 Å². The van der Waals surface area contributed by atoms with Gasteiger partial charge in [0.2, 0.25) is 15.9 Å². The fourth-order valence-electron chi connectivity index (χ4n) is 3.67. The summed E-state index contributed by atoms with van der Waals surface area (Å²) in [5, 5.41) is 30.5.